The zero-order valence-electron chi connectivity index (χ0n) is 14.9. The molecule has 1 aliphatic rings. The number of halogens is 3. The maximum Gasteiger partial charge on any atom is 0.417 e. The van der Waals surface area contributed by atoms with Crippen LogP contribution in [0.1, 0.15) is 30.4 Å². The predicted octanol–water partition coefficient (Wildman–Crippen LogP) is 4.91. The number of allylic oxidation sites excluding steroid dienone is 2. The highest BCUT2D eigenvalue weighted by Gasteiger charge is 2.36. The average molecular weight is 383 g/mol. The number of pyridine rings is 1. The highest BCUT2D eigenvalue weighted by Crippen LogP contribution is 2.33. The van der Waals surface area contributed by atoms with Crippen molar-refractivity contribution in [2.75, 3.05) is 0 Å². The van der Waals surface area contributed by atoms with Crippen LogP contribution in [-0.2, 0) is 6.18 Å². The molecule has 1 heterocycles. The van der Waals surface area contributed by atoms with E-state index in [0.29, 0.717) is 30.5 Å². The SMILES string of the molecule is C=C1CC(=C)CC(=Nn2c(-c3ccccc3)cc(C(F)(F)F)c(C#N)c2=O)C1. The molecular formula is C21H16F3N3O. The lowest BCUT2D eigenvalue weighted by molar-refractivity contribution is -0.137. The Morgan fingerprint density at radius 2 is 1.68 bits per heavy atom. The summed E-state index contributed by atoms with van der Waals surface area (Å²) < 4.78 is 41.2. The molecule has 3 rings (SSSR count). The van der Waals surface area contributed by atoms with E-state index in [-0.39, 0.29) is 5.69 Å². The summed E-state index contributed by atoms with van der Waals surface area (Å²) in [5.74, 6) is 0. The van der Waals surface area contributed by atoms with Crippen LogP contribution in [-0.4, -0.2) is 10.4 Å². The molecule has 0 saturated heterocycles. The van der Waals surface area contributed by atoms with Gasteiger partial charge in [0.05, 0.1) is 11.3 Å². The lowest BCUT2D eigenvalue weighted by Crippen LogP contribution is -2.27. The molecule has 1 saturated carbocycles. The molecule has 1 aromatic carbocycles. The maximum absolute atomic E-state index is 13.4. The summed E-state index contributed by atoms with van der Waals surface area (Å²) in [6, 6.07) is 10.3. The minimum absolute atomic E-state index is 0.0359. The largest absolute Gasteiger partial charge is 0.417 e. The van der Waals surface area contributed by atoms with Gasteiger partial charge in [-0.2, -0.15) is 28.2 Å². The van der Waals surface area contributed by atoms with Gasteiger partial charge in [-0.3, -0.25) is 4.79 Å². The molecule has 7 heteroatoms. The average Bonchev–Trinajstić information content (AvgIpc) is 2.62. The van der Waals surface area contributed by atoms with E-state index in [1.54, 1.807) is 30.3 Å². The first-order valence-electron chi connectivity index (χ1n) is 8.43. The fourth-order valence-electron chi connectivity index (χ4n) is 3.18. The monoisotopic (exact) mass is 383 g/mol. The van der Waals surface area contributed by atoms with Gasteiger partial charge in [-0.25, -0.2) is 0 Å². The van der Waals surface area contributed by atoms with E-state index in [1.165, 1.54) is 6.07 Å². The Labute approximate surface area is 159 Å². The van der Waals surface area contributed by atoms with Crippen LogP contribution in [0.4, 0.5) is 13.2 Å². The second-order valence-electron chi connectivity index (χ2n) is 6.61. The molecule has 0 atom stereocenters. The van der Waals surface area contributed by atoms with Gasteiger partial charge in [-0.1, -0.05) is 54.6 Å². The van der Waals surface area contributed by atoms with Crippen molar-refractivity contribution in [1.29, 1.82) is 5.26 Å². The first kappa shape index (κ1) is 19.4. The zero-order valence-corrected chi connectivity index (χ0v) is 14.9. The number of benzene rings is 1. The molecule has 142 valence electrons. The molecule has 0 amide bonds. The number of hydrogen-bond acceptors (Lipinski definition) is 3. The Balaban J connectivity index is 2.32. The molecule has 1 aliphatic carbocycles. The van der Waals surface area contributed by atoms with Crippen molar-refractivity contribution in [2.24, 2.45) is 5.10 Å². The Morgan fingerprint density at radius 3 is 2.21 bits per heavy atom. The van der Waals surface area contributed by atoms with Crippen molar-refractivity contribution in [3.05, 3.63) is 82.2 Å². The third-order valence-corrected chi connectivity index (χ3v) is 4.32. The minimum Gasteiger partial charge on any atom is -0.266 e. The minimum atomic E-state index is -4.84. The third kappa shape index (κ3) is 3.81. The van der Waals surface area contributed by atoms with Crippen molar-refractivity contribution in [3.63, 3.8) is 0 Å². The lowest BCUT2D eigenvalue weighted by Gasteiger charge is -2.19. The van der Waals surface area contributed by atoms with Crippen LogP contribution < -0.4 is 5.56 Å². The quantitative estimate of drug-likeness (QED) is 0.692. The highest BCUT2D eigenvalue weighted by molar-refractivity contribution is 5.90. The molecule has 1 aromatic heterocycles. The van der Waals surface area contributed by atoms with Crippen LogP contribution in [0.15, 0.2) is 70.6 Å². The van der Waals surface area contributed by atoms with Gasteiger partial charge in [0.2, 0.25) is 0 Å². The van der Waals surface area contributed by atoms with Crippen LogP contribution in [0.25, 0.3) is 11.3 Å². The van der Waals surface area contributed by atoms with Crippen molar-refractivity contribution < 1.29 is 13.2 Å². The van der Waals surface area contributed by atoms with Crippen LogP contribution in [0.2, 0.25) is 0 Å². The van der Waals surface area contributed by atoms with Gasteiger partial charge in [0.1, 0.15) is 11.6 Å². The Morgan fingerprint density at radius 1 is 1.07 bits per heavy atom. The smallest absolute Gasteiger partial charge is 0.266 e. The standard InChI is InChI=1S/C21H16F3N3O/c1-13-8-14(2)10-16(9-13)26-27-19(15-6-4-3-5-7-15)11-18(21(22,23)24)17(12-25)20(27)28/h3-7,11H,1-2,8-10H2. The van der Waals surface area contributed by atoms with Gasteiger partial charge in [0.25, 0.3) is 5.56 Å². The molecule has 0 aliphatic heterocycles. The van der Waals surface area contributed by atoms with E-state index in [1.807, 2.05) is 0 Å². The van der Waals surface area contributed by atoms with Gasteiger partial charge in [-0.15, -0.1) is 0 Å². The highest BCUT2D eigenvalue weighted by atomic mass is 19.4. The van der Waals surface area contributed by atoms with Crippen LogP contribution in [0.5, 0.6) is 0 Å². The topological polar surface area (TPSA) is 58.1 Å². The van der Waals surface area contributed by atoms with Crippen LogP contribution in [0.3, 0.4) is 0 Å². The molecule has 4 nitrogen and oxygen atoms in total. The fourth-order valence-corrected chi connectivity index (χ4v) is 3.18. The van der Waals surface area contributed by atoms with Crippen LogP contribution in [0, 0.1) is 11.3 Å². The number of nitrogens with zero attached hydrogens (tertiary/aromatic N) is 3. The summed E-state index contributed by atoms with van der Waals surface area (Å²) in [4.78, 5) is 12.8. The predicted molar refractivity (Wildman–Crippen MR) is 101 cm³/mol. The second kappa shape index (κ2) is 7.31. The van der Waals surface area contributed by atoms with Gasteiger partial charge in [0.15, 0.2) is 0 Å². The molecule has 2 aromatic rings. The molecule has 28 heavy (non-hydrogen) atoms. The van der Waals surface area contributed by atoms with Gasteiger partial charge >= 0.3 is 6.18 Å². The zero-order chi connectivity index (χ0) is 20.5. The van der Waals surface area contributed by atoms with E-state index >= 15 is 0 Å². The number of aromatic nitrogens is 1. The number of nitriles is 1. The lowest BCUT2D eigenvalue weighted by atomic mass is 9.91. The first-order valence-corrected chi connectivity index (χ1v) is 8.43. The van der Waals surface area contributed by atoms with E-state index in [4.69, 9.17) is 0 Å². The summed E-state index contributed by atoms with van der Waals surface area (Å²) in [6.45, 7) is 7.82. The Bertz CT molecular complexity index is 1070. The third-order valence-electron chi connectivity index (χ3n) is 4.32. The van der Waals surface area contributed by atoms with E-state index in [0.717, 1.165) is 21.9 Å². The number of hydrogen-bond donors (Lipinski definition) is 0. The normalized spacial score (nSPS) is 14.7. The second-order valence-corrected chi connectivity index (χ2v) is 6.61. The summed E-state index contributed by atoms with van der Waals surface area (Å²) in [5, 5.41) is 13.5. The molecule has 1 fully saturated rings. The van der Waals surface area contributed by atoms with Crippen LogP contribution >= 0.6 is 0 Å². The number of alkyl halides is 3. The number of rotatable bonds is 2. The molecule has 0 N–H and O–H groups in total. The van der Waals surface area contributed by atoms with Crippen molar-refractivity contribution in [1.82, 2.24) is 4.68 Å². The molecule has 0 radical (unpaired) electrons. The first-order chi connectivity index (χ1) is 13.2. The molecule has 0 bridgehead atoms. The van der Waals surface area contributed by atoms with Gasteiger partial charge < -0.3 is 0 Å². The van der Waals surface area contributed by atoms with E-state index < -0.39 is 22.9 Å². The summed E-state index contributed by atoms with van der Waals surface area (Å²) in [6.07, 6.45) is -3.35. The van der Waals surface area contributed by atoms with Crippen molar-refractivity contribution in [2.45, 2.75) is 25.4 Å². The molecule has 0 spiro atoms. The summed E-state index contributed by atoms with van der Waals surface area (Å²) in [5.41, 5.74) is -0.737. The van der Waals surface area contributed by atoms with E-state index in [2.05, 4.69) is 18.3 Å². The fraction of sp³-hybridized carbons (Fsp3) is 0.190. The summed E-state index contributed by atoms with van der Waals surface area (Å²) in [7, 11) is 0. The molecule has 0 unspecified atom stereocenters. The summed E-state index contributed by atoms with van der Waals surface area (Å²) >= 11 is 0. The van der Waals surface area contributed by atoms with Crippen molar-refractivity contribution in [3.8, 4) is 17.3 Å². The van der Waals surface area contributed by atoms with Gasteiger partial charge in [-0.05, 0) is 12.5 Å². The van der Waals surface area contributed by atoms with Gasteiger partial charge in [0, 0.05) is 24.1 Å². The van der Waals surface area contributed by atoms with Crippen molar-refractivity contribution >= 4 is 5.71 Å². The van der Waals surface area contributed by atoms with E-state index in [9.17, 15) is 23.2 Å². The Hall–Kier alpha value is -3.40. The Kier molecular flexibility index (Phi) is 5.06. The molecular weight excluding hydrogens is 367 g/mol. The maximum atomic E-state index is 13.4.